The van der Waals surface area contributed by atoms with Crippen molar-refractivity contribution in [2.45, 2.75) is 46.2 Å². The second kappa shape index (κ2) is 6.14. The molecule has 4 heteroatoms. The smallest absolute Gasteiger partial charge is 0.151 e. The van der Waals surface area contributed by atoms with Gasteiger partial charge in [-0.25, -0.2) is 0 Å². The summed E-state index contributed by atoms with van der Waals surface area (Å²) in [7, 11) is 0. The number of aromatic nitrogens is 2. The lowest BCUT2D eigenvalue weighted by Crippen LogP contribution is -2.24. The highest BCUT2D eigenvalue weighted by Gasteiger charge is 2.22. The first kappa shape index (κ1) is 13.3. The van der Waals surface area contributed by atoms with Crippen LogP contribution in [-0.4, -0.2) is 29.3 Å². The Kier molecular flexibility index (Phi) is 4.53. The quantitative estimate of drug-likeness (QED) is 0.867. The minimum absolute atomic E-state index is 0.482. The van der Waals surface area contributed by atoms with Gasteiger partial charge in [0.2, 0.25) is 0 Å². The molecule has 0 aromatic carbocycles. The van der Waals surface area contributed by atoms with Gasteiger partial charge in [-0.1, -0.05) is 27.2 Å². The maximum absolute atomic E-state index is 4.34. The predicted molar refractivity (Wildman–Crippen MR) is 74.6 cm³/mol. The van der Waals surface area contributed by atoms with Gasteiger partial charge in [-0.15, -0.1) is 5.10 Å². The molecule has 1 aliphatic heterocycles. The number of hydrogen-bond acceptors (Lipinski definition) is 4. The summed E-state index contributed by atoms with van der Waals surface area (Å²) in [4.78, 5) is 2.35. The summed E-state index contributed by atoms with van der Waals surface area (Å²) in [6.07, 6.45) is 2.55. The van der Waals surface area contributed by atoms with Gasteiger partial charge in [0.1, 0.15) is 0 Å². The van der Waals surface area contributed by atoms with Gasteiger partial charge in [-0.05, 0) is 24.5 Å². The third-order valence-corrected chi connectivity index (χ3v) is 3.58. The molecule has 1 aliphatic rings. The highest BCUT2D eigenvalue weighted by atomic mass is 15.3. The largest absolute Gasteiger partial charge is 0.355 e. The third-order valence-electron chi connectivity index (χ3n) is 3.58. The molecule has 4 nitrogen and oxygen atoms in total. The van der Waals surface area contributed by atoms with Gasteiger partial charge in [0.15, 0.2) is 5.82 Å². The number of anilines is 1. The van der Waals surface area contributed by atoms with E-state index in [4.69, 9.17) is 0 Å². The molecule has 1 fully saturated rings. The normalized spacial score (nSPS) is 19.8. The molecule has 0 aliphatic carbocycles. The molecule has 1 saturated heterocycles. The van der Waals surface area contributed by atoms with E-state index in [9.17, 15) is 0 Å². The van der Waals surface area contributed by atoms with Crippen molar-refractivity contribution in [2.24, 2.45) is 5.92 Å². The molecule has 2 heterocycles. The zero-order valence-electron chi connectivity index (χ0n) is 11.7. The molecule has 1 atom stereocenters. The fraction of sp³-hybridized carbons (Fsp3) is 0.714. The third kappa shape index (κ3) is 3.42. The maximum atomic E-state index is 4.34. The van der Waals surface area contributed by atoms with Crippen molar-refractivity contribution in [3.05, 3.63) is 17.8 Å². The predicted octanol–water partition coefficient (Wildman–Crippen LogP) is 2.21. The Morgan fingerprint density at radius 2 is 2.22 bits per heavy atom. The molecule has 0 bridgehead atoms. The Morgan fingerprint density at radius 1 is 1.39 bits per heavy atom. The highest BCUT2D eigenvalue weighted by molar-refractivity contribution is 5.38. The van der Waals surface area contributed by atoms with Crippen molar-refractivity contribution in [1.29, 1.82) is 0 Å². The Balaban J connectivity index is 1.91. The summed E-state index contributed by atoms with van der Waals surface area (Å²) in [5.74, 6) is 1.85. The van der Waals surface area contributed by atoms with Crippen molar-refractivity contribution < 1.29 is 0 Å². The number of rotatable bonds is 5. The molecule has 2 rings (SSSR count). The van der Waals surface area contributed by atoms with Crippen molar-refractivity contribution in [3.8, 4) is 0 Å². The van der Waals surface area contributed by atoms with Gasteiger partial charge >= 0.3 is 0 Å². The fourth-order valence-corrected chi connectivity index (χ4v) is 2.30. The van der Waals surface area contributed by atoms with E-state index < -0.39 is 0 Å². The molecule has 0 saturated carbocycles. The van der Waals surface area contributed by atoms with Crippen LogP contribution in [0.25, 0.3) is 0 Å². The molecule has 1 N–H and O–H groups in total. The van der Waals surface area contributed by atoms with Crippen LogP contribution in [-0.2, 0) is 6.54 Å². The van der Waals surface area contributed by atoms with E-state index in [0.717, 1.165) is 37.1 Å². The molecular formula is C14H24N4. The first-order chi connectivity index (χ1) is 8.69. The topological polar surface area (TPSA) is 41.0 Å². The van der Waals surface area contributed by atoms with Gasteiger partial charge in [0.25, 0.3) is 0 Å². The van der Waals surface area contributed by atoms with Crippen LogP contribution in [0, 0.1) is 5.92 Å². The zero-order chi connectivity index (χ0) is 13.0. The van der Waals surface area contributed by atoms with Crippen LogP contribution in [0.15, 0.2) is 12.1 Å². The maximum Gasteiger partial charge on any atom is 0.151 e. The van der Waals surface area contributed by atoms with Crippen LogP contribution in [0.3, 0.4) is 0 Å². The Labute approximate surface area is 110 Å². The summed E-state index contributed by atoms with van der Waals surface area (Å²) in [5, 5.41) is 12.0. The molecule has 1 unspecified atom stereocenters. The molecule has 100 valence electrons. The van der Waals surface area contributed by atoms with E-state index in [2.05, 4.69) is 53.3 Å². The standard InChI is InChI=1S/C14H24N4/c1-4-12-7-8-18(10-12)14-6-5-13(16-17-14)9-15-11(2)3/h5-6,11-12,15H,4,7-10H2,1-3H3. The van der Waals surface area contributed by atoms with Crippen molar-refractivity contribution in [1.82, 2.24) is 15.5 Å². The summed E-state index contributed by atoms with van der Waals surface area (Å²) in [6.45, 7) is 9.59. The SMILES string of the molecule is CCC1CCN(c2ccc(CNC(C)C)nn2)C1. The number of nitrogens with one attached hydrogen (secondary N) is 1. The Morgan fingerprint density at radius 3 is 2.78 bits per heavy atom. The molecule has 0 spiro atoms. The minimum atomic E-state index is 0.482. The van der Waals surface area contributed by atoms with E-state index in [-0.39, 0.29) is 0 Å². The second-order valence-electron chi connectivity index (χ2n) is 5.43. The van der Waals surface area contributed by atoms with Crippen molar-refractivity contribution in [2.75, 3.05) is 18.0 Å². The fourth-order valence-electron chi connectivity index (χ4n) is 2.30. The molecule has 1 aromatic rings. The summed E-state index contributed by atoms with van der Waals surface area (Å²) < 4.78 is 0. The average molecular weight is 248 g/mol. The van der Waals surface area contributed by atoms with Crippen LogP contribution in [0.5, 0.6) is 0 Å². The monoisotopic (exact) mass is 248 g/mol. The molecule has 18 heavy (non-hydrogen) atoms. The first-order valence-electron chi connectivity index (χ1n) is 7.00. The zero-order valence-corrected chi connectivity index (χ0v) is 11.7. The Hall–Kier alpha value is -1.16. The highest BCUT2D eigenvalue weighted by Crippen LogP contribution is 2.23. The Bertz CT molecular complexity index is 361. The summed E-state index contributed by atoms with van der Waals surface area (Å²) in [5.41, 5.74) is 1.01. The van der Waals surface area contributed by atoms with Crippen LogP contribution in [0.4, 0.5) is 5.82 Å². The molecule has 0 radical (unpaired) electrons. The van der Waals surface area contributed by atoms with Gasteiger partial charge < -0.3 is 10.2 Å². The van der Waals surface area contributed by atoms with E-state index in [0.29, 0.717) is 6.04 Å². The van der Waals surface area contributed by atoms with Gasteiger partial charge in [-0.3, -0.25) is 0 Å². The summed E-state index contributed by atoms with van der Waals surface area (Å²) in [6, 6.07) is 4.66. The lowest BCUT2D eigenvalue weighted by atomic mass is 10.1. The molecular weight excluding hydrogens is 224 g/mol. The lowest BCUT2D eigenvalue weighted by molar-refractivity contribution is 0.567. The minimum Gasteiger partial charge on any atom is -0.355 e. The first-order valence-corrected chi connectivity index (χ1v) is 7.00. The van der Waals surface area contributed by atoms with Crippen molar-refractivity contribution in [3.63, 3.8) is 0 Å². The molecule has 1 aromatic heterocycles. The number of hydrogen-bond donors (Lipinski definition) is 1. The number of nitrogens with zero attached hydrogens (tertiary/aromatic N) is 3. The molecule has 0 amide bonds. The van der Waals surface area contributed by atoms with Gasteiger partial charge in [0, 0.05) is 25.7 Å². The summed E-state index contributed by atoms with van der Waals surface area (Å²) >= 11 is 0. The van der Waals surface area contributed by atoms with E-state index in [1.54, 1.807) is 0 Å². The lowest BCUT2D eigenvalue weighted by Gasteiger charge is -2.16. The van der Waals surface area contributed by atoms with Crippen LogP contribution < -0.4 is 10.2 Å². The van der Waals surface area contributed by atoms with Crippen LogP contribution in [0.1, 0.15) is 39.3 Å². The second-order valence-corrected chi connectivity index (χ2v) is 5.43. The van der Waals surface area contributed by atoms with E-state index >= 15 is 0 Å². The average Bonchev–Trinajstić information content (AvgIpc) is 2.85. The van der Waals surface area contributed by atoms with E-state index in [1.807, 2.05) is 0 Å². The van der Waals surface area contributed by atoms with Crippen molar-refractivity contribution >= 4 is 5.82 Å². The van der Waals surface area contributed by atoms with Crippen LogP contribution in [0.2, 0.25) is 0 Å². The van der Waals surface area contributed by atoms with Gasteiger partial charge in [0.05, 0.1) is 5.69 Å². The van der Waals surface area contributed by atoms with Crippen LogP contribution >= 0.6 is 0 Å². The van der Waals surface area contributed by atoms with Gasteiger partial charge in [-0.2, -0.15) is 5.10 Å². The van der Waals surface area contributed by atoms with E-state index in [1.165, 1.54) is 12.8 Å².